The van der Waals surface area contributed by atoms with Gasteiger partial charge in [-0.05, 0) is 70.5 Å². The lowest BCUT2D eigenvalue weighted by molar-refractivity contribution is -0.127. The maximum Gasteiger partial charge on any atom is 0.254 e. The summed E-state index contributed by atoms with van der Waals surface area (Å²) in [6.07, 6.45) is 0. The Morgan fingerprint density at radius 1 is 0.943 bits per heavy atom. The molecule has 3 aromatic rings. The largest absolute Gasteiger partial charge is 0.349 e. The predicted octanol–water partition coefficient (Wildman–Crippen LogP) is 6.25. The molecule has 2 amide bonds. The van der Waals surface area contributed by atoms with Crippen LogP contribution < -0.4 is 5.32 Å². The highest BCUT2D eigenvalue weighted by atomic mass is 16.2. The van der Waals surface area contributed by atoms with Gasteiger partial charge in [-0.2, -0.15) is 9.98 Å². The summed E-state index contributed by atoms with van der Waals surface area (Å²) in [5.41, 5.74) is 3.00. The Kier molecular flexibility index (Phi) is 8.34. The number of benzene rings is 3. The topological polar surface area (TPSA) is 74.1 Å². The zero-order valence-electron chi connectivity index (χ0n) is 20.9. The highest BCUT2D eigenvalue weighted by Crippen LogP contribution is 2.31. The van der Waals surface area contributed by atoms with Gasteiger partial charge < -0.3 is 10.2 Å². The number of para-hydroxylation sites is 1. The van der Waals surface area contributed by atoms with Crippen molar-refractivity contribution in [3.8, 4) is 0 Å². The first-order chi connectivity index (χ1) is 16.7. The number of carbonyl (C=O) groups is 2. The first-order valence-electron chi connectivity index (χ1n) is 11.7. The van der Waals surface area contributed by atoms with Gasteiger partial charge in [0.05, 0.1) is 11.4 Å². The third-order valence-electron chi connectivity index (χ3n) is 5.26. The van der Waals surface area contributed by atoms with Crippen molar-refractivity contribution >= 4 is 29.2 Å². The first kappa shape index (κ1) is 25.6. The third kappa shape index (κ3) is 6.98. The fraction of sp³-hybridized carbons (Fsp3) is 0.276. The van der Waals surface area contributed by atoms with E-state index in [9.17, 15) is 9.59 Å². The van der Waals surface area contributed by atoms with Crippen molar-refractivity contribution in [1.82, 2.24) is 10.2 Å². The highest BCUT2D eigenvalue weighted by Gasteiger charge is 2.34. The summed E-state index contributed by atoms with van der Waals surface area (Å²) < 4.78 is 0. The Morgan fingerprint density at radius 3 is 2.29 bits per heavy atom. The molecule has 0 aliphatic heterocycles. The molecule has 0 aliphatic carbocycles. The number of nitrogens with one attached hydrogen (secondary N) is 1. The molecule has 35 heavy (non-hydrogen) atoms. The lowest BCUT2D eigenvalue weighted by atomic mass is 9.99. The molecule has 6 heteroatoms. The van der Waals surface area contributed by atoms with Crippen LogP contribution in [-0.2, 0) is 4.79 Å². The molecule has 180 valence electrons. The SMILES string of the molecule is CCN(C(=O)c1ccccc1)C(C(=O)NC(C)(C)C)c1ccccc1N=C=Nc1cccc(C)c1. The van der Waals surface area contributed by atoms with E-state index in [1.165, 1.54) is 0 Å². The highest BCUT2D eigenvalue weighted by molar-refractivity contribution is 5.98. The van der Waals surface area contributed by atoms with Gasteiger partial charge in [-0.1, -0.05) is 48.5 Å². The predicted molar refractivity (Wildman–Crippen MR) is 141 cm³/mol. The summed E-state index contributed by atoms with van der Waals surface area (Å²) in [5.74, 6) is -0.503. The Labute approximate surface area is 207 Å². The van der Waals surface area contributed by atoms with E-state index >= 15 is 0 Å². The maximum absolute atomic E-state index is 13.6. The number of hydrogen-bond donors (Lipinski definition) is 1. The van der Waals surface area contributed by atoms with Crippen LogP contribution in [0.3, 0.4) is 0 Å². The molecule has 0 heterocycles. The molecule has 0 aliphatic rings. The average molecular weight is 469 g/mol. The van der Waals surface area contributed by atoms with E-state index in [1.807, 2.05) is 95.3 Å². The molecule has 0 bridgehead atoms. The Hall–Kier alpha value is -4.02. The summed E-state index contributed by atoms with van der Waals surface area (Å²) in [4.78, 5) is 37.4. The van der Waals surface area contributed by atoms with Crippen LogP contribution in [0.25, 0.3) is 0 Å². The van der Waals surface area contributed by atoms with Crippen molar-refractivity contribution in [2.45, 2.75) is 46.2 Å². The van der Waals surface area contributed by atoms with Crippen LogP contribution in [0.4, 0.5) is 11.4 Å². The quantitative estimate of drug-likeness (QED) is 0.416. The number of carbonyl (C=O) groups excluding carboxylic acids is 2. The fourth-order valence-corrected chi connectivity index (χ4v) is 3.73. The van der Waals surface area contributed by atoms with Crippen LogP contribution in [0.5, 0.6) is 0 Å². The van der Waals surface area contributed by atoms with Gasteiger partial charge in [0.2, 0.25) is 5.91 Å². The fourth-order valence-electron chi connectivity index (χ4n) is 3.73. The normalized spacial score (nSPS) is 11.7. The molecule has 1 N–H and O–H groups in total. The number of likely N-dealkylation sites (N-methyl/N-ethyl adjacent to an activating group) is 1. The van der Waals surface area contributed by atoms with Crippen molar-refractivity contribution in [2.24, 2.45) is 9.98 Å². The molecule has 0 aromatic heterocycles. The minimum absolute atomic E-state index is 0.227. The van der Waals surface area contributed by atoms with Crippen LogP contribution in [0.1, 0.15) is 55.2 Å². The van der Waals surface area contributed by atoms with Crippen molar-refractivity contribution in [3.05, 3.63) is 95.6 Å². The number of amides is 2. The Balaban J connectivity index is 2.07. The van der Waals surface area contributed by atoms with Gasteiger partial charge >= 0.3 is 0 Å². The van der Waals surface area contributed by atoms with Gasteiger partial charge in [0.15, 0.2) is 0 Å². The van der Waals surface area contributed by atoms with Crippen LogP contribution in [0, 0.1) is 6.92 Å². The first-order valence-corrected chi connectivity index (χ1v) is 11.7. The number of hydrogen-bond acceptors (Lipinski definition) is 4. The Bertz CT molecular complexity index is 1240. The summed E-state index contributed by atoms with van der Waals surface area (Å²) in [6, 6.07) is 25.9. The molecule has 0 fully saturated rings. The van der Waals surface area contributed by atoms with E-state index in [4.69, 9.17) is 0 Å². The number of rotatable bonds is 7. The summed E-state index contributed by atoms with van der Waals surface area (Å²) in [6.45, 7) is 9.93. The molecule has 0 saturated heterocycles. The van der Waals surface area contributed by atoms with Crippen LogP contribution in [0.15, 0.2) is 88.8 Å². The minimum atomic E-state index is -0.882. The second-order valence-electron chi connectivity index (χ2n) is 9.32. The van der Waals surface area contributed by atoms with E-state index in [0.717, 1.165) is 11.3 Å². The second kappa shape index (κ2) is 11.4. The number of aryl methyl sites for hydroxylation is 1. The van der Waals surface area contributed by atoms with E-state index in [2.05, 4.69) is 21.3 Å². The molecule has 1 atom stereocenters. The molecule has 0 radical (unpaired) electrons. The average Bonchev–Trinajstić information content (AvgIpc) is 2.82. The summed E-state index contributed by atoms with van der Waals surface area (Å²) in [7, 11) is 0. The number of nitrogens with zero attached hydrogens (tertiary/aromatic N) is 3. The Morgan fingerprint density at radius 2 is 1.63 bits per heavy atom. The van der Waals surface area contributed by atoms with Gasteiger partial charge in [0.25, 0.3) is 5.91 Å². The molecule has 0 saturated carbocycles. The lowest BCUT2D eigenvalue weighted by Gasteiger charge is -2.33. The van der Waals surface area contributed by atoms with Crippen LogP contribution >= 0.6 is 0 Å². The van der Waals surface area contributed by atoms with Crippen molar-refractivity contribution in [2.75, 3.05) is 6.54 Å². The van der Waals surface area contributed by atoms with E-state index in [0.29, 0.717) is 23.4 Å². The smallest absolute Gasteiger partial charge is 0.254 e. The van der Waals surface area contributed by atoms with Gasteiger partial charge in [0, 0.05) is 23.2 Å². The van der Waals surface area contributed by atoms with Gasteiger partial charge in [0.1, 0.15) is 12.1 Å². The zero-order chi connectivity index (χ0) is 25.4. The lowest BCUT2D eigenvalue weighted by Crippen LogP contribution is -2.49. The molecule has 0 spiro atoms. The summed E-state index contributed by atoms with van der Waals surface area (Å²) >= 11 is 0. The van der Waals surface area contributed by atoms with Crippen LogP contribution in [-0.4, -0.2) is 34.8 Å². The zero-order valence-corrected chi connectivity index (χ0v) is 20.9. The molecular formula is C29H32N4O2. The van der Waals surface area contributed by atoms with Gasteiger partial charge in [-0.25, -0.2) is 0 Å². The van der Waals surface area contributed by atoms with Gasteiger partial charge in [-0.15, -0.1) is 0 Å². The van der Waals surface area contributed by atoms with Crippen molar-refractivity contribution in [3.63, 3.8) is 0 Å². The second-order valence-corrected chi connectivity index (χ2v) is 9.32. The van der Waals surface area contributed by atoms with E-state index in [1.54, 1.807) is 23.1 Å². The molecule has 3 rings (SSSR count). The maximum atomic E-state index is 13.6. The monoisotopic (exact) mass is 468 g/mol. The standard InChI is InChI=1S/C29H32N4O2/c1-6-33(28(35)22-14-8-7-9-15-22)26(27(34)32-29(3,4)5)24-17-10-11-18-25(24)31-20-30-23-16-12-13-21(2)19-23/h7-19,26H,6H2,1-5H3,(H,32,34). The van der Waals surface area contributed by atoms with Gasteiger partial charge in [-0.3, -0.25) is 9.59 Å². The van der Waals surface area contributed by atoms with E-state index in [-0.39, 0.29) is 11.8 Å². The van der Waals surface area contributed by atoms with E-state index < -0.39 is 11.6 Å². The number of aliphatic imine (C=N–C) groups is 2. The molecular weight excluding hydrogens is 436 g/mol. The minimum Gasteiger partial charge on any atom is -0.349 e. The van der Waals surface area contributed by atoms with Crippen LogP contribution in [0.2, 0.25) is 0 Å². The summed E-state index contributed by atoms with van der Waals surface area (Å²) in [5, 5.41) is 3.04. The van der Waals surface area contributed by atoms with Crippen molar-refractivity contribution < 1.29 is 9.59 Å². The molecule has 6 nitrogen and oxygen atoms in total. The third-order valence-corrected chi connectivity index (χ3v) is 5.26. The van der Waals surface area contributed by atoms with Crippen molar-refractivity contribution in [1.29, 1.82) is 0 Å². The molecule has 3 aromatic carbocycles. The molecule has 1 unspecified atom stereocenters.